The molecule has 1 saturated carbocycles. The Kier molecular flexibility index (Phi) is 4.53. The van der Waals surface area contributed by atoms with Crippen LogP contribution in [-0.4, -0.2) is 17.9 Å². The van der Waals surface area contributed by atoms with Crippen molar-refractivity contribution in [1.29, 1.82) is 0 Å². The maximum atomic E-state index is 12.6. The highest BCUT2D eigenvalue weighted by Gasteiger charge is 2.41. The van der Waals surface area contributed by atoms with Crippen LogP contribution in [0.3, 0.4) is 0 Å². The van der Waals surface area contributed by atoms with Crippen molar-refractivity contribution < 1.29 is 4.79 Å². The summed E-state index contributed by atoms with van der Waals surface area (Å²) < 4.78 is 1.33. The van der Waals surface area contributed by atoms with Gasteiger partial charge in [-0.05, 0) is 36.8 Å². The summed E-state index contributed by atoms with van der Waals surface area (Å²) in [6.07, 6.45) is 7.52. The fraction of sp³-hybridized carbons (Fsp3) is 0.526. The summed E-state index contributed by atoms with van der Waals surface area (Å²) in [4.78, 5) is 16.0. The lowest BCUT2D eigenvalue weighted by atomic mass is 9.79. The summed E-state index contributed by atoms with van der Waals surface area (Å²) in [5.74, 6) is 0.293. The largest absolute Gasteiger partial charge is 0.335 e. The maximum absolute atomic E-state index is 12.6. The molecule has 0 bridgehead atoms. The number of hydrogen-bond donors (Lipinski definition) is 0. The van der Waals surface area contributed by atoms with E-state index in [0.717, 1.165) is 19.3 Å². The van der Waals surface area contributed by atoms with Gasteiger partial charge in [-0.15, -0.1) is 11.3 Å². The first-order valence-electron chi connectivity index (χ1n) is 8.43. The second-order valence-electron chi connectivity index (χ2n) is 6.44. The van der Waals surface area contributed by atoms with E-state index in [1.165, 1.54) is 34.2 Å². The zero-order valence-electron chi connectivity index (χ0n) is 13.6. The molecular formula is C19H25NOS. The van der Waals surface area contributed by atoms with Crippen LogP contribution in [0.25, 0.3) is 10.1 Å². The molecule has 3 heteroatoms. The van der Waals surface area contributed by atoms with Crippen LogP contribution in [0, 0.1) is 0 Å². The normalized spacial score (nSPS) is 17.5. The first-order chi connectivity index (χ1) is 10.7. The highest BCUT2D eigenvalue weighted by Crippen LogP contribution is 2.46. The highest BCUT2D eigenvalue weighted by molar-refractivity contribution is 7.19. The van der Waals surface area contributed by atoms with Crippen molar-refractivity contribution in [3.05, 3.63) is 35.2 Å². The Bertz CT molecular complexity index is 621. The average molecular weight is 315 g/mol. The number of carbonyl (C=O) groups excluding carboxylic acids is 1. The highest BCUT2D eigenvalue weighted by atomic mass is 32.1. The topological polar surface area (TPSA) is 20.3 Å². The fourth-order valence-corrected chi connectivity index (χ4v) is 5.06. The predicted molar refractivity (Wildman–Crippen MR) is 94.3 cm³/mol. The lowest BCUT2D eigenvalue weighted by molar-refractivity contribution is -0.137. The minimum absolute atomic E-state index is 0.0752. The summed E-state index contributed by atoms with van der Waals surface area (Å²) in [7, 11) is 2.02. The van der Waals surface area contributed by atoms with Crippen LogP contribution in [0.4, 0.5) is 0 Å². The van der Waals surface area contributed by atoms with Crippen molar-refractivity contribution >= 4 is 27.3 Å². The van der Waals surface area contributed by atoms with Crippen molar-refractivity contribution in [2.75, 3.05) is 7.05 Å². The summed E-state index contributed by atoms with van der Waals surface area (Å²) in [6.45, 7) is 2.08. The average Bonchev–Trinajstić information content (AvgIpc) is 2.99. The molecule has 0 spiro atoms. The standard InChI is InChI=1S/C19H25NOS/c1-3-9-18(21)20(2)19(12-7-4-8-13-19)17-14-15-10-5-6-11-16(15)22-17/h5-6,10-11,14H,3-4,7-9,12-13H2,1-2H3. The molecule has 0 radical (unpaired) electrons. The van der Waals surface area contributed by atoms with Crippen molar-refractivity contribution in [2.45, 2.75) is 57.4 Å². The van der Waals surface area contributed by atoms with Gasteiger partial charge in [-0.2, -0.15) is 0 Å². The number of fused-ring (bicyclic) bond motifs is 1. The molecule has 3 rings (SSSR count). The van der Waals surface area contributed by atoms with E-state index in [0.29, 0.717) is 12.3 Å². The van der Waals surface area contributed by atoms with E-state index in [2.05, 4.69) is 42.2 Å². The number of hydrogen-bond acceptors (Lipinski definition) is 2. The fourth-order valence-electron chi connectivity index (χ4n) is 3.72. The van der Waals surface area contributed by atoms with E-state index in [1.807, 2.05) is 18.4 Å². The Balaban J connectivity index is 2.03. The quantitative estimate of drug-likeness (QED) is 0.748. The van der Waals surface area contributed by atoms with Gasteiger partial charge in [-0.1, -0.05) is 44.4 Å². The molecule has 118 valence electrons. The molecule has 1 heterocycles. The lowest BCUT2D eigenvalue weighted by Crippen LogP contribution is -2.47. The van der Waals surface area contributed by atoms with Crippen molar-refractivity contribution in [3.8, 4) is 0 Å². The number of benzene rings is 1. The van der Waals surface area contributed by atoms with E-state index in [9.17, 15) is 4.79 Å². The lowest BCUT2D eigenvalue weighted by Gasteiger charge is -2.44. The van der Waals surface area contributed by atoms with Gasteiger partial charge < -0.3 is 4.90 Å². The van der Waals surface area contributed by atoms with Crippen molar-refractivity contribution in [3.63, 3.8) is 0 Å². The summed E-state index contributed by atoms with van der Waals surface area (Å²) >= 11 is 1.87. The van der Waals surface area contributed by atoms with Crippen LogP contribution in [0.5, 0.6) is 0 Å². The third-order valence-corrected chi connectivity index (χ3v) is 6.35. The molecule has 0 atom stereocenters. The van der Waals surface area contributed by atoms with Gasteiger partial charge in [0.25, 0.3) is 0 Å². The first kappa shape index (κ1) is 15.5. The molecule has 1 fully saturated rings. The number of carbonyl (C=O) groups is 1. The Morgan fingerprint density at radius 3 is 2.64 bits per heavy atom. The second-order valence-corrected chi connectivity index (χ2v) is 7.53. The van der Waals surface area contributed by atoms with Crippen LogP contribution >= 0.6 is 11.3 Å². The Morgan fingerprint density at radius 2 is 1.95 bits per heavy atom. The molecule has 1 aliphatic carbocycles. The van der Waals surface area contributed by atoms with Gasteiger partial charge in [-0.25, -0.2) is 0 Å². The van der Waals surface area contributed by atoms with E-state index in [-0.39, 0.29) is 5.54 Å². The van der Waals surface area contributed by atoms with E-state index in [4.69, 9.17) is 0 Å². The van der Waals surface area contributed by atoms with Gasteiger partial charge in [-0.3, -0.25) is 4.79 Å². The Morgan fingerprint density at radius 1 is 1.23 bits per heavy atom. The van der Waals surface area contributed by atoms with Crippen LogP contribution < -0.4 is 0 Å². The van der Waals surface area contributed by atoms with E-state index in [1.54, 1.807) is 0 Å². The monoisotopic (exact) mass is 315 g/mol. The zero-order chi connectivity index (χ0) is 15.6. The smallest absolute Gasteiger partial charge is 0.223 e. The molecule has 1 aliphatic rings. The van der Waals surface area contributed by atoms with Gasteiger partial charge in [0.05, 0.1) is 5.54 Å². The minimum Gasteiger partial charge on any atom is -0.335 e. The molecule has 22 heavy (non-hydrogen) atoms. The molecule has 2 aromatic rings. The van der Waals surface area contributed by atoms with Gasteiger partial charge in [0.15, 0.2) is 0 Å². The van der Waals surface area contributed by atoms with Crippen LogP contribution in [-0.2, 0) is 10.3 Å². The van der Waals surface area contributed by atoms with Gasteiger partial charge in [0.1, 0.15) is 0 Å². The van der Waals surface area contributed by atoms with Gasteiger partial charge >= 0.3 is 0 Å². The molecule has 2 nitrogen and oxygen atoms in total. The predicted octanol–water partition coefficient (Wildman–Crippen LogP) is 5.32. The molecule has 1 amide bonds. The van der Waals surface area contributed by atoms with Gasteiger partial charge in [0, 0.05) is 23.0 Å². The molecule has 0 unspecified atom stereocenters. The van der Waals surface area contributed by atoms with Crippen LogP contribution in [0.2, 0.25) is 0 Å². The molecule has 0 N–H and O–H groups in total. The third kappa shape index (κ3) is 2.67. The third-order valence-electron chi connectivity index (χ3n) is 5.04. The van der Waals surface area contributed by atoms with E-state index < -0.39 is 0 Å². The number of amides is 1. The number of thiophene rings is 1. The molecular weight excluding hydrogens is 290 g/mol. The van der Waals surface area contributed by atoms with Crippen molar-refractivity contribution in [2.24, 2.45) is 0 Å². The van der Waals surface area contributed by atoms with Gasteiger partial charge in [0.2, 0.25) is 5.91 Å². The van der Waals surface area contributed by atoms with Crippen molar-refractivity contribution in [1.82, 2.24) is 4.90 Å². The molecule has 0 aliphatic heterocycles. The maximum Gasteiger partial charge on any atom is 0.223 e. The van der Waals surface area contributed by atoms with Crippen LogP contribution in [0.1, 0.15) is 56.7 Å². The summed E-state index contributed by atoms with van der Waals surface area (Å²) in [5.41, 5.74) is -0.0752. The SMILES string of the molecule is CCCC(=O)N(C)C1(c2cc3ccccc3s2)CCCCC1. The van der Waals surface area contributed by atoms with E-state index >= 15 is 0 Å². The van der Waals surface area contributed by atoms with Crippen LogP contribution in [0.15, 0.2) is 30.3 Å². The summed E-state index contributed by atoms with van der Waals surface area (Å²) in [5, 5.41) is 1.31. The zero-order valence-corrected chi connectivity index (χ0v) is 14.4. The number of rotatable bonds is 4. The second kappa shape index (κ2) is 6.41. The molecule has 0 saturated heterocycles. The minimum atomic E-state index is -0.0752. The first-order valence-corrected chi connectivity index (χ1v) is 9.25. The Hall–Kier alpha value is -1.35. The summed E-state index contributed by atoms with van der Waals surface area (Å²) in [6, 6.07) is 10.9. The Labute approximate surface area is 137 Å². The molecule has 1 aromatic carbocycles. The number of nitrogens with zero attached hydrogens (tertiary/aromatic N) is 1. The molecule has 1 aromatic heterocycles.